The highest BCUT2D eigenvalue weighted by Crippen LogP contribution is 2.48. The van der Waals surface area contributed by atoms with Crippen molar-refractivity contribution in [2.75, 3.05) is 62.6 Å². The lowest BCUT2D eigenvalue weighted by Crippen LogP contribution is -2.50. The summed E-state index contributed by atoms with van der Waals surface area (Å²) in [5.41, 5.74) is 3.48. The van der Waals surface area contributed by atoms with Gasteiger partial charge in [0.05, 0.1) is 10.9 Å². The fourth-order valence-corrected chi connectivity index (χ4v) is 9.41. The lowest BCUT2D eigenvalue weighted by Gasteiger charge is -2.38. The van der Waals surface area contributed by atoms with Crippen LogP contribution in [0.25, 0.3) is 0 Å². The van der Waals surface area contributed by atoms with Crippen LogP contribution >= 0.6 is 11.8 Å². The van der Waals surface area contributed by atoms with Crippen molar-refractivity contribution in [3.63, 3.8) is 0 Å². The van der Waals surface area contributed by atoms with E-state index in [0.29, 0.717) is 50.7 Å². The number of carbonyl (C=O) groups excluding carboxylic acids is 3. The number of nitrogens with one attached hydrogen (secondary N) is 1. The standard InChI is InChI=1S/C38H51FN6O3S.H2/c1-38(2,3)16-20-45-35(47)32(49-36(45)29-8-6-9-30(39)34(29)43-23-21-41(22-24-43)27-11-12-27)25-33(46)42-17-14-28(15-18-42)44-19-13-26-7-4-5-10-31(26)40-37(44)48;/h4-10,27-28,32,36H,11-25H2,1-3H3,(H,40,48);1H. The molecule has 1 N–H and O–H groups in total. The Labute approximate surface area is 296 Å². The molecule has 7 rings (SSSR count). The molecule has 266 valence electrons. The molecule has 2 aromatic carbocycles. The number of piperazine rings is 1. The van der Waals surface area contributed by atoms with Crippen molar-refractivity contribution in [2.45, 2.75) is 88.4 Å². The topological polar surface area (TPSA) is 79.4 Å². The van der Waals surface area contributed by atoms with Gasteiger partial charge in [0.2, 0.25) is 11.8 Å². The van der Waals surface area contributed by atoms with Crippen LogP contribution in [0.15, 0.2) is 42.5 Å². The number of rotatable bonds is 8. The summed E-state index contributed by atoms with van der Waals surface area (Å²) in [6.07, 6.45) is 5.68. The number of thioether (sulfide) groups is 1. The summed E-state index contributed by atoms with van der Waals surface area (Å²) in [6, 6.07) is 13.9. The average Bonchev–Trinajstić information content (AvgIpc) is 3.91. The van der Waals surface area contributed by atoms with E-state index >= 15 is 4.39 Å². The van der Waals surface area contributed by atoms with E-state index in [0.717, 1.165) is 55.8 Å². The van der Waals surface area contributed by atoms with Gasteiger partial charge >= 0.3 is 6.03 Å². The highest BCUT2D eigenvalue weighted by atomic mass is 32.2. The molecule has 4 fully saturated rings. The van der Waals surface area contributed by atoms with Crippen molar-refractivity contribution < 1.29 is 20.2 Å². The van der Waals surface area contributed by atoms with Gasteiger partial charge in [0.15, 0.2) is 0 Å². The van der Waals surface area contributed by atoms with Gasteiger partial charge in [-0.3, -0.25) is 14.5 Å². The third kappa shape index (κ3) is 7.58. The zero-order valence-electron chi connectivity index (χ0n) is 29.2. The number of nitrogens with zero attached hydrogens (tertiary/aromatic N) is 5. The Morgan fingerprint density at radius 3 is 2.37 bits per heavy atom. The molecular weight excluding hydrogens is 640 g/mol. The monoisotopic (exact) mass is 692 g/mol. The molecule has 0 spiro atoms. The second-order valence-electron chi connectivity index (χ2n) is 15.6. The third-order valence-corrected chi connectivity index (χ3v) is 12.4. The van der Waals surface area contributed by atoms with Gasteiger partial charge in [0, 0.05) is 83.5 Å². The molecule has 2 atom stereocenters. The second-order valence-corrected chi connectivity index (χ2v) is 16.9. The molecule has 9 nitrogen and oxygen atoms in total. The number of hydrogen-bond acceptors (Lipinski definition) is 6. The number of likely N-dealkylation sites (tertiary alicyclic amines) is 1. The van der Waals surface area contributed by atoms with Crippen LogP contribution in [0, 0.1) is 11.2 Å². The number of halogens is 1. The van der Waals surface area contributed by atoms with Gasteiger partial charge in [-0.1, -0.05) is 51.1 Å². The number of anilines is 2. The van der Waals surface area contributed by atoms with E-state index in [1.807, 2.05) is 39.0 Å². The van der Waals surface area contributed by atoms with Crippen LogP contribution in [0.3, 0.4) is 0 Å². The van der Waals surface area contributed by atoms with E-state index in [2.05, 4.69) is 42.0 Å². The van der Waals surface area contributed by atoms with Crippen molar-refractivity contribution in [2.24, 2.45) is 5.41 Å². The van der Waals surface area contributed by atoms with E-state index in [1.165, 1.54) is 30.7 Å². The maximum atomic E-state index is 15.7. The van der Waals surface area contributed by atoms with Gasteiger partial charge in [0.1, 0.15) is 11.2 Å². The van der Waals surface area contributed by atoms with Crippen molar-refractivity contribution in [1.29, 1.82) is 0 Å². The van der Waals surface area contributed by atoms with E-state index in [-0.39, 0.29) is 48.3 Å². The van der Waals surface area contributed by atoms with E-state index in [9.17, 15) is 14.4 Å². The smallest absolute Gasteiger partial charge is 0.322 e. The Morgan fingerprint density at radius 2 is 1.65 bits per heavy atom. The van der Waals surface area contributed by atoms with Crippen molar-refractivity contribution in [1.82, 2.24) is 19.6 Å². The highest BCUT2D eigenvalue weighted by Gasteiger charge is 2.45. The van der Waals surface area contributed by atoms with Crippen LogP contribution in [0.2, 0.25) is 0 Å². The third-order valence-electron chi connectivity index (χ3n) is 11.0. The Balaban J connectivity index is 0.00000432. The van der Waals surface area contributed by atoms with E-state index < -0.39 is 5.25 Å². The number of hydrogen-bond donors (Lipinski definition) is 1. The normalized spacial score (nSPS) is 24.2. The van der Waals surface area contributed by atoms with Gasteiger partial charge in [-0.25, -0.2) is 9.18 Å². The van der Waals surface area contributed by atoms with Crippen molar-refractivity contribution in [3.05, 3.63) is 59.4 Å². The van der Waals surface area contributed by atoms with Crippen LogP contribution in [-0.2, 0) is 16.0 Å². The minimum absolute atomic E-state index is 0. The zero-order valence-corrected chi connectivity index (χ0v) is 30.0. The predicted octanol–water partition coefficient (Wildman–Crippen LogP) is 6.21. The summed E-state index contributed by atoms with van der Waals surface area (Å²) in [7, 11) is 0. The number of urea groups is 1. The lowest BCUT2D eigenvalue weighted by atomic mass is 9.92. The molecular formula is C38H53FN6O3S. The Morgan fingerprint density at radius 1 is 0.918 bits per heavy atom. The Hall–Kier alpha value is -3.31. The first-order valence-electron chi connectivity index (χ1n) is 18.2. The molecule has 2 aromatic rings. The van der Waals surface area contributed by atoms with E-state index in [4.69, 9.17) is 0 Å². The number of benzene rings is 2. The summed E-state index contributed by atoms with van der Waals surface area (Å²) in [5, 5.41) is 2.20. The summed E-state index contributed by atoms with van der Waals surface area (Å²) in [6.45, 7) is 12.2. The first-order valence-corrected chi connectivity index (χ1v) is 19.2. The van der Waals surface area contributed by atoms with Crippen molar-refractivity contribution in [3.8, 4) is 0 Å². The minimum Gasteiger partial charge on any atom is -0.366 e. The van der Waals surface area contributed by atoms with Gasteiger partial charge in [0.25, 0.3) is 0 Å². The summed E-state index contributed by atoms with van der Waals surface area (Å²) in [5.74, 6) is -0.299. The number of piperidine rings is 1. The molecule has 4 aliphatic heterocycles. The van der Waals surface area contributed by atoms with Crippen LogP contribution in [0.4, 0.5) is 20.6 Å². The fourth-order valence-electron chi connectivity index (χ4n) is 7.92. The van der Waals surface area contributed by atoms with Gasteiger partial charge in [-0.05, 0) is 61.6 Å². The molecule has 3 saturated heterocycles. The Kier molecular flexibility index (Phi) is 9.85. The quantitative estimate of drug-likeness (QED) is 0.355. The SMILES string of the molecule is CC(C)(C)CCN1C(=O)C(CC(=O)N2CCC(N3CCc4ccccc4NC3=O)CC2)SC1c1cccc(F)c1N1CCN(C2CC2)CC1.[HH]. The molecule has 4 heterocycles. The van der Waals surface area contributed by atoms with E-state index in [1.54, 1.807) is 6.07 Å². The number of para-hydroxylation sites is 2. The minimum atomic E-state index is -0.520. The average molecular weight is 693 g/mol. The second kappa shape index (κ2) is 14.1. The summed E-state index contributed by atoms with van der Waals surface area (Å²) in [4.78, 5) is 51.4. The zero-order chi connectivity index (χ0) is 34.3. The highest BCUT2D eigenvalue weighted by molar-refractivity contribution is 8.01. The molecule has 0 radical (unpaired) electrons. The predicted molar refractivity (Wildman–Crippen MR) is 195 cm³/mol. The van der Waals surface area contributed by atoms with Crippen LogP contribution in [0.1, 0.15) is 77.2 Å². The molecule has 1 aliphatic carbocycles. The fraction of sp³-hybridized carbons (Fsp3) is 0.605. The van der Waals surface area contributed by atoms with Gasteiger partial charge in [-0.15, -0.1) is 11.8 Å². The maximum Gasteiger partial charge on any atom is 0.322 e. The maximum absolute atomic E-state index is 15.7. The van der Waals surface area contributed by atoms with Gasteiger partial charge in [-0.2, -0.15) is 0 Å². The molecule has 49 heavy (non-hydrogen) atoms. The first kappa shape index (κ1) is 34.2. The van der Waals surface area contributed by atoms with Crippen molar-refractivity contribution >= 4 is 41.0 Å². The molecule has 4 amide bonds. The summed E-state index contributed by atoms with van der Waals surface area (Å²) >= 11 is 1.51. The number of amides is 4. The molecule has 5 aliphatic rings. The molecule has 2 unspecified atom stereocenters. The van der Waals surface area contributed by atoms with Crippen LogP contribution < -0.4 is 10.2 Å². The van der Waals surface area contributed by atoms with Crippen LogP contribution in [-0.4, -0.2) is 107 Å². The first-order chi connectivity index (χ1) is 23.6. The molecule has 0 aromatic heterocycles. The number of carbonyl (C=O) groups is 3. The molecule has 1 saturated carbocycles. The Bertz CT molecular complexity index is 1550. The lowest BCUT2D eigenvalue weighted by molar-refractivity contribution is -0.137. The molecule has 11 heteroatoms. The number of fused-ring (bicyclic) bond motifs is 1. The summed E-state index contributed by atoms with van der Waals surface area (Å²) < 4.78 is 15.7. The van der Waals surface area contributed by atoms with Gasteiger partial charge < -0.3 is 24.9 Å². The van der Waals surface area contributed by atoms with Crippen LogP contribution in [0.5, 0.6) is 0 Å². The molecule has 0 bridgehead atoms. The largest absolute Gasteiger partial charge is 0.366 e.